The van der Waals surface area contributed by atoms with Crippen LogP contribution in [0.4, 0.5) is 0 Å². The van der Waals surface area contributed by atoms with E-state index in [-0.39, 0.29) is 5.91 Å². The lowest BCUT2D eigenvalue weighted by Gasteiger charge is -2.05. The highest BCUT2D eigenvalue weighted by molar-refractivity contribution is 5.74. The van der Waals surface area contributed by atoms with Gasteiger partial charge in [-0.15, -0.1) is 0 Å². The average molecular weight is 285 g/mol. The van der Waals surface area contributed by atoms with Crippen molar-refractivity contribution in [3.05, 3.63) is 59.9 Å². The van der Waals surface area contributed by atoms with Crippen LogP contribution in [0.25, 0.3) is 0 Å². The molecule has 21 heavy (non-hydrogen) atoms. The number of rotatable bonds is 6. The molecule has 0 aliphatic carbocycles. The highest BCUT2D eigenvalue weighted by atomic mass is 16.5. The minimum absolute atomic E-state index is 0.0000616. The molecule has 1 aromatic heterocycles. The molecule has 1 amide bonds. The Bertz CT molecular complexity index is 577. The van der Waals surface area contributed by atoms with E-state index >= 15 is 0 Å². The minimum atomic E-state index is 0.0000616. The highest BCUT2D eigenvalue weighted by Crippen LogP contribution is 2.10. The van der Waals surface area contributed by atoms with Gasteiger partial charge >= 0.3 is 0 Å². The fourth-order valence-electron chi connectivity index (χ4n) is 2.00. The third kappa shape index (κ3) is 4.60. The van der Waals surface area contributed by atoms with Crippen molar-refractivity contribution >= 4 is 5.91 Å². The Balaban J connectivity index is 1.83. The summed E-state index contributed by atoms with van der Waals surface area (Å²) in [6, 6.07) is 11.7. The number of benzene rings is 1. The number of hydrogen-bond donors (Lipinski definition) is 1. The number of carbonyl (C=O) groups is 1. The molecule has 1 aromatic carbocycles. The molecule has 0 radical (unpaired) electrons. The predicted octanol–water partition coefficient (Wildman–Crippen LogP) is 1.86. The first-order valence-electron chi connectivity index (χ1n) is 7.09. The van der Waals surface area contributed by atoms with Gasteiger partial charge in [0.25, 0.3) is 5.91 Å². The van der Waals surface area contributed by atoms with Crippen LogP contribution in [0.15, 0.2) is 48.8 Å². The van der Waals surface area contributed by atoms with Gasteiger partial charge in [0.15, 0.2) is 12.4 Å². The van der Waals surface area contributed by atoms with Crippen LogP contribution < -0.4 is 14.6 Å². The quantitative estimate of drug-likeness (QED) is 0.823. The van der Waals surface area contributed by atoms with Crippen LogP contribution in [0.2, 0.25) is 0 Å². The number of methoxy groups -OCH3 is 1. The third-order valence-electron chi connectivity index (χ3n) is 3.34. The van der Waals surface area contributed by atoms with Crippen LogP contribution in [-0.4, -0.2) is 13.0 Å². The van der Waals surface area contributed by atoms with Crippen LogP contribution in [0.3, 0.4) is 0 Å². The van der Waals surface area contributed by atoms with Gasteiger partial charge in [-0.25, -0.2) is 0 Å². The minimum Gasteiger partial charge on any atom is -0.497 e. The SMILES string of the molecule is CCc1cc[n+](CC(=O)NCc2ccc(OC)cc2)cc1. The van der Waals surface area contributed by atoms with Crippen molar-refractivity contribution < 1.29 is 14.1 Å². The first-order valence-corrected chi connectivity index (χ1v) is 7.09. The molecule has 0 aliphatic rings. The van der Waals surface area contributed by atoms with Crippen molar-refractivity contribution in [1.29, 1.82) is 0 Å². The van der Waals surface area contributed by atoms with Crippen molar-refractivity contribution in [2.75, 3.05) is 7.11 Å². The first-order chi connectivity index (χ1) is 10.2. The van der Waals surface area contributed by atoms with Crippen LogP contribution in [0.5, 0.6) is 5.75 Å². The summed E-state index contributed by atoms with van der Waals surface area (Å²) in [5.74, 6) is 0.816. The largest absolute Gasteiger partial charge is 0.497 e. The smallest absolute Gasteiger partial charge is 0.286 e. The van der Waals surface area contributed by atoms with Gasteiger partial charge in [-0.3, -0.25) is 4.79 Å². The van der Waals surface area contributed by atoms with Gasteiger partial charge in [-0.05, 0) is 29.7 Å². The molecule has 0 saturated carbocycles. The maximum Gasteiger partial charge on any atom is 0.286 e. The molecule has 0 atom stereocenters. The topological polar surface area (TPSA) is 42.2 Å². The maximum absolute atomic E-state index is 11.9. The molecule has 0 saturated heterocycles. The number of ether oxygens (including phenoxy) is 1. The number of aryl methyl sites for hydroxylation is 1. The molecular weight excluding hydrogens is 264 g/mol. The number of hydrogen-bond acceptors (Lipinski definition) is 2. The van der Waals surface area contributed by atoms with Gasteiger partial charge < -0.3 is 10.1 Å². The Labute approximate surface area is 125 Å². The molecule has 2 rings (SSSR count). The summed E-state index contributed by atoms with van der Waals surface area (Å²) >= 11 is 0. The Morgan fingerprint density at radius 3 is 2.33 bits per heavy atom. The number of carbonyl (C=O) groups excluding carboxylic acids is 1. The number of nitrogens with one attached hydrogen (secondary N) is 1. The lowest BCUT2D eigenvalue weighted by Crippen LogP contribution is -2.42. The van der Waals surface area contributed by atoms with Crippen molar-refractivity contribution in [1.82, 2.24) is 5.32 Å². The third-order valence-corrected chi connectivity index (χ3v) is 3.34. The van der Waals surface area contributed by atoms with Gasteiger partial charge in [0, 0.05) is 18.7 Å². The molecule has 1 heterocycles. The second-order valence-electron chi connectivity index (χ2n) is 4.86. The molecular formula is C17H21N2O2+. The van der Waals surface area contributed by atoms with Gasteiger partial charge in [0.2, 0.25) is 6.54 Å². The molecule has 0 fully saturated rings. The van der Waals surface area contributed by atoms with Gasteiger partial charge in [-0.1, -0.05) is 19.1 Å². The Hall–Kier alpha value is -2.36. The van der Waals surface area contributed by atoms with Crippen LogP contribution in [-0.2, 0) is 24.3 Å². The van der Waals surface area contributed by atoms with E-state index in [1.807, 2.05) is 53.4 Å². The molecule has 4 nitrogen and oxygen atoms in total. The number of nitrogens with zero attached hydrogens (tertiary/aromatic N) is 1. The molecule has 4 heteroatoms. The van der Waals surface area contributed by atoms with Crippen molar-refractivity contribution in [3.63, 3.8) is 0 Å². The maximum atomic E-state index is 11.9. The Kier molecular flexibility index (Phi) is 5.32. The lowest BCUT2D eigenvalue weighted by atomic mass is 10.2. The van der Waals surface area contributed by atoms with E-state index in [0.29, 0.717) is 13.1 Å². The monoisotopic (exact) mass is 285 g/mol. The summed E-state index contributed by atoms with van der Waals surface area (Å²) in [4.78, 5) is 11.9. The van der Waals surface area contributed by atoms with E-state index < -0.39 is 0 Å². The summed E-state index contributed by atoms with van der Waals surface area (Å²) in [6.07, 6.45) is 4.88. The summed E-state index contributed by atoms with van der Waals surface area (Å²) in [5.41, 5.74) is 2.32. The molecule has 0 spiro atoms. The van der Waals surface area contributed by atoms with E-state index in [1.165, 1.54) is 5.56 Å². The zero-order valence-corrected chi connectivity index (χ0v) is 12.5. The number of amides is 1. The molecule has 0 bridgehead atoms. The van der Waals surface area contributed by atoms with Gasteiger partial charge in [0.05, 0.1) is 7.11 Å². The van der Waals surface area contributed by atoms with E-state index in [9.17, 15) is 4.79 Å². The zero-order valence-electron chi connectivity index (χ0n) is 12.5. The van der Waals surface area contributed by atoms with Gasteiger partial charge in [0.1, 0.15) is 5.75 Å². The summed E-state index contributed by atoms with van der Waals surface area (Å²) < 4.78 is 6.98. The predicted molar refractivity (Wildman–Crippen MR) is 80.9 cm³/mol. The Morgan fingerprint density at radius 2 is 1.76 bits per heavy atom. The van der Waals surface area contributed by atoms with Crippen molar-refractivity contribution in [3.8, 4) is 5.75 Å². The Morgan fingerprint density at radius 1 is 1.10 bits per heavy atom. The van der Waals surface area contributed by atoms with Crippen molar-refractivity contribution in [2.45, 2.75) is 26.4 Å². The molecule has 1 N–H and O–H groups in total. The van der Waals surface area contributed by atoms with Crippen LogP contribution in [0, 0.1) is 0 Å². The van der Waals surface area contributed by atoms with E-state index in [4.69, 9.17) is 4.74 Å². The van der Waals surface area contributed by atoms with Gasteiger partial charge in [-0.2, -0.15) is 4.57 Å². The average Bonchev–Trinajstić information content (AvgIpc) is 2.54. The second-order valence-corrected chi connectivity index (χ2v) is 4.86. The molecule has 0 unspecified atom stereocenters. The first kappa shape index (κ1) is 15.0. The van der Waals surface area contributed by atoms with Crippen LogP contribution >= 0.6 is 0 Å². The fraction of sp³-hybridized carbons (Fsp3) is 0.294. The summed E-state index contributed by atoms with van der Waals surface area (Å²) in [5, 5.41) is 2.91. The molecule has 110 valence electrons. The van der Waals surface area contributed by atoms with E-state index in [0.717, 1.165) is 17.7 Å². The summed E-state index contributed by atoms with van der Waals surface area (Å²) in [6.45, 7) is 2.97. The second kappa shape index (κ2) is 7.43. The zero-order chi connectivity index (χ0) is 15.1. The molecule has 0 aliphatic heterocycles. The standard InChI is InChI=1S/C17H20N2O2/c1-3-14-8-10-19(11-9-14)13-17(20)18-12-15-4-6-16(21-2)7-5-15/h4-11H,3,12-13H2,1-2H3/p+1. The number of pyridine rings is 1. The van der Waals surface area contributed by atoms with E-state index in [1.54, 1.807) is 7.11 Å². The fourth-order valence-corrected chi connectivity index (χ4v) is 2.00. The van der Waals surface area contributed by atoms with Crippen LogP contribution in [0.1, 0.15) is 18.1 Å². The summed E-state index contributed by atoms with van der Waals surface area (Å²) in [7, 11) is 1.64. The normalized spacial score (nSPS) is 10.2. The number of aromatic nitrogens is 1. The molecule has 2 aromatic rings. The van der Waals surface area contributed by atoms with E-state index in [2.05, 4.69) is 12.2 Å². The highest BCUT2D eigenvalue weighted by Gasteiger charge is 2.08. The van der Waals surface area contributed by atoms with Crippen molar-refractivity contribution in [2.24, 2.45) is 0 Å². The lowest BCUT2D eigenvalue weighted by molar-refractivity contribution is -0.684.